The first kappa shape index (κ1) is 15.9. The molecule has 0 saturated carbocycles. The number of benzene rings is 1. The third-order valence-electron chi connectivity index (χ3n) is 4.12. The number of anilines is 1. The van der Waals surface area contributed by atoms with Gasteiger partial charge in [0, 0.05) is 11.5 Å². The predicted octanol–water partition coefficient (Wildman–Crippen LogP) is 4.62. The molecule has 0 fully saturated rings. The summed E-state index contributed by atoms with van der Waals surface area (Å²) < 4.78 is 0. The van der Waals surface area contributed by atoms with Crippen LogP contribution < -0.4 is 5.32 Å². The average Bonchev–Trinajstić information content (AvgIpc) is 3.04. The van der Waals surface area contributed by atoms with E-state index in [-0.39, 0.29) is 11.8 Å². The number of nitrogens with one attached hydrogen (secondary N) is 1. The van der Waals surface area contributed by atoms with Crippen LogP contribution in [0, 0.1) is 5.92 Å². The van der Waals surface area contributed by atoms with Crippen molar-refractivity contribution in [3.05, 3.63) is 42.0 Å². The Hall–Kier alpha value is -2.01. The van der Waals surface area contributed by atoms with E-state index in [1.807, 2.05) is 0 Å². The van der Waals surface area contributed by atoms with Crippen LogP contribution in [0.1, 0.15) is 44.6 Å². The summed E-state index contributed by atoms with van der Waals surface area (Å²) in [5.41, 5.74) is 2.34. The number of hydrogen-bond acceptors (Lipinski definition) is 4. The maximum absolute atomic E-state index is 12.2. The molecule has 120 valence electrons. The molecule has 1 aromatic carbocycles. The largest absolute Gasteiger partial charge is 0.300 e. The number of amides is 1. The molecule has 1 atom stereocenters. The van der Waals surface area contributed by atoms with Crippen molar-refractivity contribution in [1.82, 2.24) is 10.2 Å². The van der Waals surface area contributed by atoms with E-state index in [1.165, 1.54) is 16.9 Å². The highest BCUT2D eigenvalue weighted by molar-refractivity contribution is 7.18. The highest BCUT2D eigenvalue weighted by Gasteiger charge is 2.20. The summed E-state index contributed by atoms with van der Waals surface area (Å²) in [4.78, 5) is 12.2. The molecular weight excluding hydrogens is 306 g/mol. The Labute approximate surface area is 140 Å². The second-order valence-electron chi connectivity index (χ2n) is 6.16. The number of rotatable bonds is 4. The fourth-order valence-electron chi connectivity index (χ4n) is 2.64. The van der Waals surface area contributed by atoms with Crippen molar-refractivity contribution in [2.45, 2.75) is 39.0 Å². The Bertz CT molecular complexity index is 703. The monoisotopic (exact) mass is 327 g/mol. The Morgan fingerprint density at radius 2 is 2.00 bits per heavy atom. The molecule has 0 saturated heterocycles. The standard InChI is InChI=1S/C18H21N3OS/c1-12(2)13-8-10-15(11-9-13)17-20-21-18(23-17)19-16(22)14-6-4-3-5-7-14/h3-4,8-12,14H,5-7H2,1-2H3,(H,19,21,22)/t14-/m1/s1. The van der Waals surface area contributed by atoms with Crippen molar-refractivity contribution in [2.75, 3.05) is 5.32 Å². The summed E-state index contributed by atoms with van der Waals surface area (Å²) in [6.07, 6.45) is 6.91. The Kier molecular flexibility index (Phi) is 4.86. The first-order valence-corrected chi connectivity index (χ1v) is 8.85. The molecule has 0 spiro atoms. The molecule has 0 bridgehead atoms. The molecule has 3 rings (SSSR count). The van der Waals surface area contributed by atoms with E-state index < -0.39 is 0 Å². The Morgan fingerprint density at radius 3 is 2.65 bits per heavy atom. The van der Waals surface area contributed by atoms with Gasteiger partial charge in [-0.1, -0.05) is 61.6 Å². The van der Waals surface area contributed by atoms with Crippen molar-refractivity contribution in [3.8, 4) is 10.6 Å². The zero-order chi connectivity index (χ0) is 16.2. The molecule has 0 radical (unpaired) electrons. The van der Waals surface area contributed by atoms with Crippen LogP contribution in [-0.4, -0.2) is 16.1 Å². The minimum absolute atomic E-state index is 0.0483. The van der Waals surface area contributed by atoms with E-state index in [2.05, 4.69) is 65.8 Å². The van der Waals surface area contributed by atoms with Crippen molar-refractivity contribution in [2.24, 2.45) is 5.92 Å². The molecule has 0 aliphatic heterocycles. The summed E-state index contributed by atoms with van der Waals surface area (Å²) in [5, 5.41) is 12.6. The molecule has 1 amide bonds. The lowest BCUT2D eigenvalue weighted by molar-refractivity contribution is -0.120. The highest BCUT2D eigenvalue weighted by atomic mass is 32.1. The smallest absolute Gasteiger partial charge is 0.229 e. The predicted molar refractivity (Wildman–Crippen MR) is 94.5 cm³/mol. The fourth-order valence-corrected chi connectivity index (χ4v) is 3.39. The van der Waals surface area contributed by atoms with Gasteiger partial charge in [0.05, 0.1) is 0 Å². The lowest BCUT2D eigenvalue weighted by atomic mass is 9.94. The zero-order valence-corrected chi connectivity index (χ0v) is 14.3. The third kappa shape index (κ3) is 3.85. The molecule has 1 aliphatic rings. The molecule has 1 aromatic heterocycles. The van der Waals surface area contributed by atoms with Gasteiger partial charge in [-0.25, -0.2) is 0 Å². The van der Waals surface area contributed by atoms with E-state index in [0.29, 0.717) is 11.0 Å². The Morgan fingerprint density at radius 1 is 1.22 bits per heavy atom. The average molecular weight is 327 g/mol. The van der Waals surface area contributed by atoms with E-state index >= 15 is 0 Å². The summed E-state index contributed by atoms with van der Waals surface area (Å²) in [6, 6.07) is 8.36. The molecule has 23 heavy (non-hydrogen) atoms. The minimum Gasteiger partial charge on any atom is -0.300 e. The third-order valence-corrected chi connectivity index (χ3v) is 5.01. The maximum atomic E-state index is 12.2. The summed E-state index contributed by atoms with van der Waals surface area (Å²) in [5.74, 6) is 0.614. The number of aromatic nitrogens is 2. The molecule has 5 heteroatoms. The van der Waals surface area contributed by atoms with E-state index in [9.17, 15) is 4.79 Å². The SMILES string of the molecule is CC(C)c1ccc(-c2nnc(NC(=O)[C@@H]3CC=CCC3)s2)cc1. The normalized spacial score (nSPS) is 17.4. The second kappa shape index (κ2) is 7.04. The topological polar surface area (TPSA) is 54.9 Å². The van der Waals surface area contributed by atoms with Crippen LogP contribution in [0.4, 0.5) is 5.13 Å². The fraction of sp³-hybridized carbons (Fsp3) is 0.389. The van der Waals surface area contributed by atoms with Gasteiger partial charge in [0.1, 0.15) is 5.01 Å². The van der Waals surface area contributed by atoms with E-state index in [4.69, 9.17) is 0 Å². The van der Waals surface area contributed by atoms with Crippen LogP contribution >= 0.6 is 11.3 Å². The first-order valence-electron chi connectivity index (χ1n) is 8.03. The molecule has 1 heterocycles. The summed E-state index contributed by atoms with van der Waals surface area (Å²) in [6.45, 7) is 4.35. The maximum Gasteiger partial charge on any atom is 0.229 e. The van der Waals surface area contributed by atoms with Gasteiger partial charge in [0.25, 0.3) is 0 Å². The van der Waals surface area contributed by atoms with Gasteiger partial charge in [-0.15, -0.1) is 10.2 Å². The van der Waals surface area contributed by atoms with Gasteiger partial charge < -0.3 is 5.32 Å². The lowest BCUT2D eigenvalue weighted by Crippen LogP contribution is -2.23. The summed E-state index contributed by atoms with van der Waals surface area (Å²) >= 11 is 1.42. The number of hydrogen-bond donors (Lipinski definition) is 1. The molecule has 4 nitrogen and oxygen atoms in total. The highest BCUT2D eigenvalue weighted by Crippen LogP contribution is 2.28. The van der Waals surface area contributed by atoms with Crippen LogP contribution in [0.25, 0.3) is 10.6 Å². The van der Waals surface area contributed by atoms with Gasteiger partial charge >= 0.3 is 0 Å². The van der Waals surface area contributed by atoms with Gasteiger partial charge in [0.15, 0.2) is 0 Å². The second-order valence-corrected chi connectivity index (χ2v) is 7.14. The number of carbonyl (C=O) groups excluding carboxylic acids is 1. The van der Waals surface area contributed by atoms with Gasteiger partial charge in [0.2, 0.25) is 11.0 Å². The number of allylic oxidation sites excluding steroid dienone is 2. The van der Waals surface area contributed by atoms with Crippen LogP contribution in [0.5, 0.6) is 0 Å². The van der Waals surface area contributed by atoms with E-state index in [1.54, 1.807) is 0 Å². The van der Waals surface area contributed by atoms with Crippen molar-refractivity contribution in [3.63, 3.8) is 0 Å². The molecular formula is C18H21N3OS. The van der Waals surface area contributed by atoms with Crippen molar-refractivity contribution in [1.29, 1.82) is 0 Å². The van der Waals surface area contributed by atoms with Gasteiger partial charge in [-0.2, -0.15) is 0 Å². The molecule has 1 N–H and O–H groups in total. The van der Waals surface area contributed by atoms with Crippen LogP contribution in [-0.2, 0) is 4.79 Å². The lowest BCUT2D eigenvalue weighted by Gasteiger charge is -2.15. The van der Waals surface area contributed by atoms with Crippen molar-refractivity contribution >= 4 is 22.4 Å². The summed E-state index contributed by atoms with van der Waals surface area (Å²) in [7, 11) is 0. The van der Waals surface area contributed by atoms with Crippen LogP contribution in [0.2, 0.25) is 0 Å². The molecule has 1 aliphatic carbocycles. The number of carbonyl (C=O) groups is 1. The number of nitrogens with zero attached hydrogens (tertiary/aromatic N) is 2. The van der Waals surface area contributed by atoms with Gasteiger partial charge in [-0.05, 0) is 30.7 Å². The van der Waals surface area contributed by atoms with Crippen LogP contribution in [0.3, 0.4) is 0 Å². The quantitative estimate of drug-likeness (QED) is 0.833. The molecule has 0 unspecified atom stereocenters. The zero-order valence-electron chi connectivity index (χ0n) is 13.5. The van der Waals surface area contributed by atoms with E-state index in [0.717, 1.165) is 29.8 Å². The minimum atomic E-state index is 0.0483. The van der Waals surface area contributed by atoms with Gasteiger partial charge in [-0.3, -0.25) is 4.79 Å². The first-order chi connectivity index (χ1) is 11.1. The van der Waals surface area contributed by atoms with Crippen molar-refractivity contribution < 1.29 is 4.79 Å². The molecule has 2 aromatic rings. The Balaban J connectivity index is 1.67. The van der Waals surface area contributed by atoms with Crippen LogP contribution in [0.15, 0.2) is 36.4 Å².